The monoisotopic (exact) mass is 246 g/mol. The third kappa shape index (κ3) is 2.77. The average molecular weight is 246 g/mol. The Morgan fingerprint density at radius 3 is 2.28 bits per heavy atom. The van der Waals surface area contributed by atoms with E-state index in [0.717, 1.165) is 5.56 Å². The van der Waals surface area contributed by atoms with E-state index in [2.05, 4.69) is 32.0 Å². The Morgan fingerprint density at radius 2 is 1.67 bits per heavy atom. The van der Waals surface area contributed by atoms with Crippen molar-refractivity contribution in [2.75, 3.05) is 0 Å². The second kappa shape index (κ2) is 5.44. The first-order valence-corrected chi connectivity index (χ1v) is 7.32. The van der Waals surface area contributed by atoms with Crippen LogP contribution >= 0.6 is 0 Å². The second-order valence-corrected chi connectivity index (χ2v) is 6.15. The van der Waals surface area contributed by atoms with Crippen LogP contribution in [-0.2, 0) is 5.60 Å². The molecular formula is C17H26O. The van der Waals surface area contributed by atoms with Crippen molar-refractivity contribution >= 4 is 0 Å². The molecule has 0 aromatic heterocycles. The number of hydrogen-bond donors (Lipinski definition) is 1. The van der Waals surface area contributed by atoms with Gasteiger partial charge in [0, 0.05) is 0 Å². The van der Waals surface area contributed by atoms with Crippen LogP contribution in [0, 0.1) is 19.8 Å². The van der Waals surface area contributed by atoms with E-state index in [1.165, 1.54) is 49.7 Å². The standard InChI is InChI=1S/C17H26O/c1-13-10-11-14(2)16(12-13)17(3,18)15-8-6-4-5-7-9-15/h10-12,15,18H,4-9H2,1-3H3. The molecule has 1 atom stereocenters. The molecule has 0 bridgehead atoms. The van der Waals surface area contributed by atoms with Gasteiger partial charge in [-0.2, -0.15) is 0 Å². The van der Waals surface area contributed by atoms with Crippen LogP contribution in [0.1, 0.15) is 62.1 Å². The first-order chi connectivity index (χ1) is 8.51. The van der Waals surface area contributed by atoms with Crippen molar-refractivity contribution in [1.29, 1.82) is 0 Å². The zero-order chi connectivity index (χ0) is 13.2. The fourth-order valence-corrected chi connectivity index (χ4v) is 3.34. The van der Waals surface area contributed by atoms with Gasteiger partial charge >= 0.3 is 0 Å². The quantitative estimate of drug-likeness (QED) is 0.763. The molecule has 1 heteroatoms. The van der Waals surface area contributed by atoms with E-state index in [1.807, 2.05) is 6.92 Å². The van der Waals surface area contributed by atoms with E-state index in [1.54, 1.807) is 0 Å². The maximum atomic E-state index is 11.0. The highest BCUT2D eigenvalue weighted by atomic mass is 16.3. The van der Waals surface area contributed by atoms with Gasteiger partial charge in [-0.1, -0.05) is 49.4 Å². The van der Waals surface area contributed by atoms with Crippen molar-refractivity contribution in [3.05, 3.63) is 34.9 Å². The third-order valence-electron chi connectivity index (χ3n) is 4.59. The molecule has 1 nitrogen and oxygen atoms in total. The van der Waals surface area contributed by atoms with Crippen molar-refractivity contribution < 1.29 is 5.11 Å². The SMILES string of the molecule is Cc1ccc(C)c(C(C)(O)C2CCCCCC2)c1. The average Bonchev–Trinajstić information content (AvgIpc) is 2.61. The van der Waals surface area contributed by atoms with E-state index < -0.39 is 5.60 Å². The van der Waals surface area contributed by atoms with E-state index in [-0.39, 0.29) is 0 Å². The highest BCUT2D eigenvalue weighted by Crippen LogP contribution is 2.39. The molecule has 1 unspecified atom stereocenters. The number of rotatable bonds is 2. The summed E-state index contributed by atoms with van der Waals surface area (Å²) in [5, 5.41) is 11.0. The first kappa shape index (κ1) is 13.6. The summed E-state index contributed by atoms with van der Waals surface area (Å²) >= 11 is 0. The molecule has 2 rings (SSSR count). The Bertz CT molecular complexity index is 398. The van der Waals surface area contributed by atoms with Crippen LogP contribution in [0.3, 0.4) is 0 Å². The predicted molar refractivity (Wildman–Crippen MR) is 76.7 cm³/mol. The van der Waals surface area contributed by atoms with Gasteiger partial charge < -0.3 is 5.11 Å². The topological polar surface area (TPSA) is 20.2 Å². The van der Waals surface area contributed by atoms with Crippen LogP contribution in [0.2, 0.25) is 0 Å². The molecule has 100 valence electrons. The second-order valence-electron chi connectivity index (χ2n) is 6.15. The molecule has 0 saturated heterocycles. The molecule has 0 aliphatic heterocycles. The van der Waals surface area contributed by atoms with E-state index in [9.17, 15) is 5.11 Å². The largest absolute Gasteiger partial charge is 0.385 e. The van der Waals surface area contributed by atoms with Crippen LogP contribution in [0.25, 0.3) is 0 Å². The molecule has 0 spiro atoms. The Morgan fingerprint density at radius 1 is 1.06 bits per heavy atom. The Hall–Kier alpha value is -0.820. The van der Waals surface area contributed by atoms with Gasteiger partial charge in [0.2, 0.25) is 0 Å². The van der Waals surface area contributed by atoms with E-state index in [4.69, 9.17) is 0 Å². The lowest BCUT2D eigenvalue weighted by Gasteiger charge is -2.34. The van der Waals surface area contributed by atoms with Crippen molar-refractivity contribution in [1.82, 2.24) is 0 Å². The molecular weight excluding hydrogens is 220 g/mol. The normalized spacial score (nSPS) is 21.3. The van der Waals surface area contributed by atoms with Gasteiger partial charge in [0.15, 0.2) is 0 Å². The summed E-state index contributed by atoms with van der Waals surface area (Å²) in [5.41, 5.74) is 2.93. The van der Waals surface area contributed by atoms with Crippen LogP contribution < -0.4 is 0 Å². The summed E-state index contributed by atoms with van der Waals surface area (Å²) in [4.78, 5) is 0. The minimum atomic E-state index is -0.666. The maximum absolute atomic E-state index is 11.0. The molecule has 0 radical (unpaired) electrons. The summed E-state index contributed by atoms with van der Waals surface area (Å²) in [6, 6.07) is 6.43. The van der Waals surface area contributed by atoms with Gasteiger partial charge in [0.05, 0.1) is 5.60 Å². The summed E-state index contributed by atoms with van der Waals surface area (Å²) in [6.45, 7) is 6.23. The van der Waals surface area contributed by atoms with Gasteiger partial charge in [-0.25, -0.2) is 0 Å². The smallest absolute Gasteiger partial charge is 0.0899 e. The van der Waals surface area contributed by atoms with Gasteiger partial charge in [0.25, 0.3) is 0 Å². The predicted octanol–water partition coefficient (Wildman–Crippen LogP) is 4.48. The van der Waals surface area contributed by atoms with Gasteiger partial charge in [0.1, 0.15) is 0 Å². The molecule has 0 heterocycles. The Kier molecular flexibility index (Phi) is 4.11. The van der Waals surface area contributed by atoms with Crippen LogP contribution in [0.15, 0.2) is 18.2 Å². The zero-order valence-corrected chi connectivity index (χ0v) is 12.0. The third-order valence-corrected chi connectivity index (χ3v) is 4.59. The summed E-state index contributed by atoms with van der Waals surface area (Å²) < 4.78 is 0. The summed E-state index contributed by atoms with van der Waals surface area (Å²) in [6.07, 6.45) is 7.54. The molecule has 1 N–H and O–H groups in total. The number of hydrogen-bond acceptors (Lipinski definition) is 1. The van der Waals surface area contributed by atoms with E-state index >= 15 is 0 Å². The van der Waals surface area contributed by atoms with Gasteiger partial charge in [-0.3, -0.25) is 0 Å². The summed E-state index contributed by atoms with van der Waals surface area (Å²) in [7, 11) is 0. The van der Waals surface area contributed by atoms with Crippen LogP contribution in [-0.4, -0.2) is 5.11 Å². The van der Waals surface area contributed by atoms with Crippen molar-refractivity contribution in [3.63, 3.8) is 0 Å². The molecule has 1 aliphatic carbocycles. The van der Waals surface area contributed by atoms with Crippen LogP contribution in [0.5, 0.6) is 0 Å². The number of aryl methyl sites for hydroxylation is 2. The summed E-state index contributed by atoms with van der Waals surface area (Å²) in [5.74, 6) is 0.417. The molecule has 1 fully saturated rings. The lowest BCUT2D eigenvalue weighted by molar-refractivity contribution is -0.0132. The van der Waals surface area contributed by atoms with Crippen molar-refractivity contribution in [2.45, 2.75) is 64.9 Å². The number of benzene rings is 1. The zero-order valence-electron chi connectivity index (χ0n) is 12.0. The Balaban J connectivity index is 2.30. The fourth-order valence-electron chi connectivity index (χ4n) is 3.34. The van der Waals surface area contributed by atoms with Crippen molar-refractivity contribution in [2.24, 2.45) is 5.92 Å². The maximum Gasteiger partial charge on any atom is 0.0899 e. The van der Waals surface area contributed by atoms with Gasteiger partial charge in [-0.05, 0) is 50.7 Å². The molecule has 0 amide bonds. The lowest BCUT2D eigenvalue weighted by atomic mass is 9.77. The molecule has 18 heavy (non-hydrogen) atoms. The molecule has 1 saturated carbocycles. The van der Waals surface area contributed by atoms with E-state index in [0.29, 0.717) is 5.92 Å². The van der Waals surface area contributed by atoms with Crippen molar-refractivity contribution in [3.8, 4) is 0 Å². The molecule has 1 aromatic rings. The van der Waals surface area contributed by atoms with Gasteiger partial charge in [-0.15, -0.1) is 0 Å². The highest BCUT2D eigenvalue weighted by molar-refractivity contribution is 5.35. The minimum absolute atomic E-state index is 0.417. The minimum Gasteiger partial charge on any atom is -0.385 e. The molecule has 1 aliphatic rings. The number of aliphatic hydroxyl groups is 1. The lowest BCUT2D eigenvalue weighted by Crippen LogP contribution is -2.32. The molecule has 1 aromatic carbocycles. The first-order valence-electron chi connectivity index (χ1n) is 7.32. The fraction of sp³-hybridized carbons (Fsp3) is 0.647. The Labute approximate surface area is 111 Å². The highest BCUT2D eigenvalue weighted by Gasteiger charge is 2.34. The van der Waals surface area contributed by atoms with Crippen LogP contribution in [0.4, 0.5) is 0 Å².